The number of hydrogen-bond acceptors (Lipinski definition) is 5. The second-order valence-corrected chi connectivity index (χ2v) is 9.89. The maximum atomic E-state index is 15.5. The summed E-state index contributed by atoms with van der Waals surface area (Å²) in [6, 6.07) is 5.00. The number of halogens is 1. The second kappa shape index (κ2) is 9.17. The number of imidazole rings is 1. The molecular formula is C28H30FN5O2. The van der Waals surface area contributed by atoms with Crippen molar-refractivity contribution in [1.82, 2.24) is 24.0 Å². The largest absolute Gasteiger partial charge is 0.490 e. The molecule has 0 spiro atoms. The number of benzene rings is 1. The summed E-state index contributed by atoms with van der Waals surface area (Å²) in [4.78, 5) is 24.5. The highest BCUT2D eigenvalue weighted by Gasteiger charge is 2.28. The van der Waals surface area contributed by atoms with Crippen LogP contribution < -0.4 is 10.4 Å². The summed E-state index contributed by atoms with van der Waals surface area (Å²) in [7, 11) is 1.73. The van der Waals surface area contributed by atoms with E-state index < -0.39 is 5.82 Å². The van der Waals surface area contributed by atoms with Crippen LogP contribution in [0, 0.1) is 5.82 Å². The van der Waals surface area contributed by atoms with E-state index in [9.17, 15) is 4.79 Å². The number of pyridine rings is 2. The van der Waals surface area contributed by atoms with E-state index in [1.54, 1.807) is 28.6 Å². The van der Waals surface area contributed by atoms with Gasteiger partial charge in [0, 0.05) is 31.4 Å². The Hall–Kier alpha value is -3.52. The van der Waals surface area contributed by atoms with E-state index in [1.807, 2.05) is 25.1 Å². The van der Waals surface area contributed by atoms with Crippen LogP contribution >= 0.6 is 0 Å². The van der Waals surface area contributed by atoms with Gasteiger partial charge in [-0.15, -0.1) is 0 Å². The van der Waals surface area contributed by atoms with Crippen molar-refractivity contribution in [2.45, 2.75) is 38.6 Å². The zero-order chi connectivity index (χ0) is 24.8. The van der Waals surface area contributed by atoms with Gasteiger partial charge in [0.15, 0.2) is 0 Å². The number of aromatic nitrogens is 4. The molecule has 186 valence electrons. The first-order valence-electron chi connectivity index (χ1n) is 12.7. The molecule has 1 unspecified atom stereocenters. The number of likely N-dealkylation sites (tertiary alicyclic amines) is 1. The highest BCUT2D eigenvalue weighted by Crippen LogP contribution is 2.43. The Morgan fingerprint density at radius 3 is 2.78 bits per heavy atom. The number of aryl methyl sites for hydroxylation is 1. The third-order valence-electron chi connectivity index (χ3n) is 7.45. The summed E-state index contributed by atoms with van der Waals surface area (Å²) >= 11 is 0. The molecule has 4 aromatic rings. The van der Waals surface area contributed by atoms with Crippen LogP contribution in [0.25, 0.3) is 39.1 Å². The first kappa shape index (κ1) is 22.9. The van der Waals surface area contributed by atoms with E-state index in [0.717, 1.165) is 24.2 Å². The highest BCUT2D eigenvalue weighted by atomic mass is 19.1. The van der Waals surface area contributed by atoms with Gasteiger partial charge in [-0.3, -0.25) is 19.1 Å². The van der Waals surface area contributed by atoms with Gasteiger partial charge in [-0.1, -0.05) is 18.6 Å². The van der Waals surface area contributed by atoms with Crippen LogP contribution in [0.5, 0.6) is 5.75 Å². The molecule has 1 fully saturated rings. The quantitative estimate of drug-likeness (QED) is 0.399. The number of hydrogen-bond donors (Lipinski definition) is 0. The first-order valence-corrected chi connectivity index (χ1v) is 12.7. The van der Waals surface area contributed by atoms with Crippen molar-refractivity contribution >= 4 is 28.0 Å². The molecule has 5 heterocycles. The lowest BCUT2D eigenvalue weighted by molar-refractivity contribution is 0.233. The molecule has 1 atom stereocenters. The Kier molecular flexibility index (Phi) is 5.84. The minimum atomic E-state index is -0.421. The van der Waals surface area contributed by atoms with Crippen molar-refractivity contribution in [2.75, 3.05) is 26.2 Å². The molecule has 0 aliphatic carbocycles. The predicted octanol–water partition coefficient (Wildman–Crippen LogP) is 4.93. The van der Waals surface area contributed by atoms with Gasteiger partial charge in [0.05, 0.1) is 45.4 Å². The molecular weight excluding hydrogens is 457 g/mol. The van der Waals surface area contributed by atoms with Crippen LogP contribution in [0.1, 0.15) is 44.3 Å². The third-order valence-corrected chi connectivity index (χ3v) is 7.45. The average molecular weight is 488 g/mol. The Morgan fingerprint density at radius 2 is 2.00 bits per heavy atom. The Balaban J connectivity index is 1.36. The molecule has 2 aliphatic heterocycles. The lowest BCUT2D eigenvalue weighted by Gasteiger charge is -2.25. The molecule has 0 bridgehead atoms. The van der Waals surface area contributed by atoms with E-state index in [-0.39, 0.29) is 18.3 Å². The van der Waals surface area contributed by atoms with Gasteiger partial charge < -0.3 is 9.64 Å². The van der Waals surface area contributed by atoms with Crippen molar-refractivity contribution in [2.24, 2.45) is 7.05 Å². The monoisotopic (exact) mass is 487 g/mol. The lowest BCUT2D eigenvalue weighted by Crippen LogP contribution is -2.30. The van der Waals surface area contributed by atoms with Gasteiger partial charge in [-0.2, -0.15) is 0 Å². The first-order chi connectivity index (χ1) is 17.5. The molecule has 0 saturated carbocycles. The fourth-order valence-corrected chi connectivity index (χ4v) is 5.51. The number of nitrogens with zero attached hydrogens (tertiary/aromatic N) is 5. The number of ether oxygens (including phenoxy) is 1. The van der Waals surface area contributed by atoms with Crippen LogP contribution in [0.4, 0.5) is 4.39 Å². The predicted molar refractivity (Wildman–Crippen MR) is 140 cm³/mol. The van der Waals surface area contributed by atoms with E-state index >= 15 is 4.39 Å². The normalized spacial score (nSPS) is 18.4. The van der Waals surface area contributed by atoms with Gasteiger partial charge in [0.2, 0.25) is 0 Å². The molecule has 1 saturated heterocycles. The third kappa shape index (κ3) is 3.80. The SMILES string of the molecule is CC1COc2c(-c3ccc(/C=C/CCN4CCCCC4)nc3)c(F)cc3ncc4c(c23)n1c(=O)n4C. The molecule has 36 heavy (non-hydrogen) atoms. The van der Waals surface area contributed by atoms with Crippen molar-refractivity contribution < 1.29 is 9.13 Å². The standard InChI is InChI=1S/C28H30FN5O2/c1-18-17-36-27-24(19-9-10-20(30-15-19)8-4-7-13-33-11-5-3-6-12-33)21(29)14-22-25(27)26-23(16-31-22)32(2)28(35)34(18)26/h4,8-10,14-16,18H,3,5-7,11-13,17H2,1-2H3/b8-4+. The fraction of sp³-hybridized carbons (Fsp3) is 0.393. The van der Waals surface area contributed by atoms with Crippen LogP contribution in [0.2, 0.25) is 0 Å². The summed E-state index contributed by atoms with van der Waals surface area (Å²) in [5.41, 5.74) is 3.58. The number of piperidine rings is 1. The Morgan fingerprint density at radius 1 is 1.17 bits per heavy atom. The van der Waals surface area contributed by atoms with Crippen LogP contribution in [-0.2, 0) is 7.05 Å². The van der Waals surface area contributed by atoms with Crippen molar-refractivity contribution in [3.63, 3.8) is 0 Å². The van der Waals surface area contributed by atoms with Gasteiger partial charge in [0.1, 0.15) is 18.2 Å². The topological polar surface area (TPSA) is 65.2 Å². The van der Waals surface area contributed by atoms with E-state index in [1.165, 1.54) is 38.4 Å². The van der Waals surface area contributed by atoms with E-state index in [2.05, 4.69) is 20.9 Å². The average Bonchev–Trinajstić information content (AvgIpc) is 3.05. The molecule has 7 nitrogen and oxygen atoms in total. The summed E-state index contributed by atoms with van der Waals surface area (Å²) in [6.45, 7) is 5.65. The maximum Gasteiger partial charge on any atom is 0.329 e. The zero-order valence-electron chi connectivity index (χ0n) is 20.7. The minimum Gasteiger partial charge on any atom is -0.490 e. The molecule has 3 aromatic heterocycles. The number of rotatable bonds is 5. The Bertz CT molecular complexity index is 1530. The molecule has 6 rings (SSSR count). The minimum absolute atomic E-state index is 0.132. The van der Waals surface area contributed by atoms with Crippen molar-refractivity contribution in [3.05, 3.63) is 58.7 Å². The summed E-state index contributed by atoms with van der Waals surface area (Å²) in [5, 5.41) is 0.660. The van der Waals surface area contributed by atoms with Gasteiger partial charge in [-0.05, 0) is 51.4 Å². The van der Waals surface area contributed by atoms with Crippen molar-refractivity contribution in [1.29, 1.82) is 0 Å². The second-order valence-electron chi connectivity index (χ2n) is 9.89. The fourth-order valence-electron chi connectivity index (χ4n) is 5.51. The van der Waals surface area contributed by atoms with Gasteiger partial charge in [0.25, 0.3) is 0 Å². The van der Waals surface area contributed by atoms with Crippen LogP contribution in [0.15, 0.2) is 41.5 Å². The van der Waals surface area contributed by atoms with Gasteiger partial charge >= 0.3 is 5.69 Å². The van der Waals surface area contributed by atoms with Crippen LogP contribution in [-0.4, -0.2) is 50.2 Å². The van der Waals surface area contributed by atoms with Gasteiger partial charge in [-0.25, -0.2) is 9.18 Å². The smallest absolute Gasteiger partial charge is 0.329 e. The molecule has 1 aromatic carbocycles. The summed E-state index contributed by atoms with van der Waals surface area (Å²) in [6.07, 6.45) is 12.4. The van der Waals surface area contributed by atoms with Crippen molar-refractivity contribution in [3.8, 4) is 16.9 Å². The maximum absolute atomic E-state index is 15.5. The molecule has 8 heteroatoms. The summed E-state index contributed by atoms with van der Waals surface area (Å²) < 4.78 is 25.0. The highest BCUT2D eigenvalue weighted by molar-refractivity contribution is 6.09. The zero-order valence-corrected chi connectivity index (χ0v) is 20.7. The van der Waals surface area contributed by atoms with E-state index in [4.69, 9.17) is 4.74 Å². The molecule has 0 N–H and O–H groups in total. The molecule has 0 amide bonds. The molecule has 2 aliphatic rings. The lowest BCUT2D eigenvalue weighted by atomic mass is 10.0. The van der Waals surface area contributed by atoms with Crippen LogP contribution in [0.3, 0.4) is 0 Å². The summed E-state index contributed by atoms with van der Waals surface area (Å²) in [5.74, 6) is -0.00576. The van der Waals surface area contributed by atoms with E-state index in [0.29, 0.717) is 33.3 Å². The Labute approximate surface area is 208 Å². The molecule has 0 radical (unpaired) electrons.